The molecule has 2 fully saturated rings. The molecule has 0 radical (unpaired) electrons. The molecule has 0 spiro atoms. The summed E-state index contributed by atoms with van der Waals surface area (Å²) in [6, 6.07) is 0. The van der Waals surface area contributed by atoms with E-state index < -0.39 is 11.4 Å². The molecule has 0 bridgehead atoms. The molecule has 1 saturated carbocycles. The van der Waals surface area contributed by atoms with Gasteiger partial charge in [0.25, 0.3) is 0 Å². The van der Waals surface area contributed by atoms with E-state index in [0.717, 1.165) is 12.5 Å². The van der Waals surface area contributed by atoms with E-state index in [1.807, 2.05) is 0 Å². The Morgan fingerprint density at radius 1 is 1.33 bits per heavy atom. The largest absolute Gasteiger partial charge is 0.481 e. The maximum Gasteiger partial charge on any atom is 0.309 e. The van der Waals surface area contributed by atoms with Gasteiger partial charge < -0.3 is 15.3 Å². The number of hydrogen-bond acceptors (Lipinski definition) is 3. The van der Waals surface area contributed by atoms with Crippen LogP contribution in [0.5, 0.6) is 0 Å². The van der Waals surface area contributed by atoms with E-state index in [-0.39, 0.29) is 5.91 Å². The first-order valence-corrected chi connectivity index (χ1v) is 6.73. The van der Waals surface area contributed by atoms with Gasteiger partial charge >= 0.3 is 5.97 Å². The Morgan fingerprint density at radius 2 is 1.94 bits per heavy atom. The van der Waals surface area contributed by atoms with E-state index in [4.69, 9.17) is 5.11 Å². The fraction of sp³-hybridized carbons (Fsp3) is 0.846. The van der Waals surface area contributed by atoms with Crippen LogP contribution in [0.15, 0.2) is 0 Å². The van der Waals surface area contributed by atoms with Gasteiger partial charge in [-0.25, -0.2) is 0 Å². The third-order valence-corrected chi connectivity index (χ3v) is 4.14. The molecule has 1 amide bonds. The molecule has 18 heavy (non-hydrogen) atoms. The van der Waals surface area contributed by atoms with Crippen LogP contribution in [0.25, 0.3) is 0 Å². The highest BCUT2D eigenvalue weighted by molar-refractivity contribution is 5.79. The predicted molar refractivity (Wildman–Crippen MR) is 67.2 cm³/mol. The Bertz CT molecular complexity index is 331. The number of nitrogens with zero attached hydrogens (tertiary/aromatic N) is 1. The quantitative estimate of drug-likeness (QED) is 0.757. The average molecular weight is 254 g/mol. The minimum absolute atomic E-state index is 0.100. The van der Waals surface area contributed by atoms with Gasteiger partial charge in [0, 0.05) is 13.1 Å². The van der Waals surface area contributed by atoms with E-state index in [1.165, 1.54) is 12.8 Å². The number of carbonyl (C=O) groups is 2. The van der Waals surface area contributed by atoms with E-state index in [1.54, 1.807) is 11.8 Å². The molecule has 0 unspecified atom stereocenters. The average Bonchev–Trinajstić information content (AvgIpc) is 3.13. The van der Waals surface area contributed by atoms with Gasteiger partial charge in [-0.15, -0.1) is 0 Å². The van der Waals surface area contributed by atoms with Gasteiger partial charge in [-0.1, -0.05) is 0 Å². The summed E-state index contributed by atoms with van der Waals surface area (Å²) in [5, 5.41) is 12.3. The van der Waals surface area contributed by atoms with Crippen LogP contribution in [0.2, 0.25) is 0 Å². The molecule has 5 heteroatoms. The van der Waals surface area contributed by atoms with Crippen LogP contribution in [0.3, 0.4) is 0 Å². The lowest BCUT2D eigenvalue weighted by Gasteiger charge is -2.36. The Hall–Kier alpha value is -1.10. The molecule has 0 aromatic rings. The van der Waals surface area contributed by atoms with Gasteiger partial charge in [0.1, 0.15) is 0 Å². The van der Waals surface area contributed by atoms with Crippen LogP contribution in [-0.2, 0) is 9.59 Å². The molecule has 1 heterocycles. The highest BCUT2D eigenvalue weighted by atomic mass is 16.4. The van der Waals surface area contributed by atoms with Gasteiger partial charge in [0.05, 0.1) is 12.0 Å². The minimum Gasteiger partial charge on any atom is -0.481 e. The second-order valence-electron chi connectivity index (χ2n) is 5.82. The minimum atomic E-state index is -0.749. The first-order valence-electron chi connectivity index (χ1n) is 6.73. The zero-order valence-corrected chi connectivity index (χ0v) is 10.9. The molecule has 1 aliphatic carbocycles. The summed E-state index contributed by atoms with van der Waals surface area (Å²) in [5.41, 5.74) is -0.655. The number of rotatable bonds is 5. The molecule has 1 saturated heterocycles. The molecule has 1 aliphatic heterocycles. The predicted octanol–water partition coefficient (Wildman–Crippen LogP) is 0.699. The molecule has 2 rings (SSSR count). The second kappa shape index (κ2) is 5.26. The van der Waals surface area contributed by atoms with Crippen LogP contribution in [0.4, 0.5) is 0 Å². The summed E-state index contributed by atoms with van der Waals surface area (Å²) >= 11 is 0. The van der Waals surface area contributed by atoms with Crippen LogP contribution >= 0.6 is 0 Å². The number of piperidine rings is 1. The molecule has 0 aromatic heterocycles. The molecule has 2 aliphatic rings. The van der Waals surface area contributed by atoms with E-state index in [2.05, 4.69) is 5.32 Å². The lowest BCUT2D eigenvalue weighted by Crippen LogP contribution is -2.47. The molecule has 5 nitrogen and oxygen atoms in total. The fourth-order valence-electron chi connectivity index (χ4n) is 2.28. The smallest absolute Gasteiger partial charge is 0.309 e. The van der Waals surface area contributed by atoms with Crippen molar-refractivity contribution < 1.29 is 14.7 Å². The summed E-state index contributed by atoms with van der Waals surface area (Å²) in [6.45, 7) is 4.22. The summed E-state index contributed by atoms with van der Waals surface area (Å²) in [6.07, 6.45) is 3.66. The summed E-state index contributed by atoms with van der Waals surface area (Å²) < 4.78 is 0. The molecular formula is C13H22N2O3. The number of carboxylic acid groups (broad SMARTS) is 1. The van der Waals surface area contributed by atoms with Crippen LogP contribution in [0, 0.1) is 11.3 Å². The van der Waals surface area contributed by atoms with Crippen molar-refractivity contribution in [3.8, 4) is 0 Å². The van der Waals surface area contributed by atoms with E-state index >= 15 is 0 Å². The summed E-state index contributed by atoms with van der Waals surface area (Å²) in [5.74, 6) is 0.124. The van der Waals surface area contributed by atoms with E-state index in [9.17, 15) is 9.59 Å². The highest BCUT2D eigenvalue weighted by Gasteiger charge is 2.37. The first kappa shape index (κ1) is 13.3. The zero-order valence-electron chi connectivity index (χ0n) is 10.9. The van der Waals surface area contributed by atoms with Crippen molar-refractivity contribution in [1.29, 1.82) is 0 Å². The molecule has 102 valence electrons. The molecular weight excluding hydrogens is 232 g/mol. The van der Waals surface area contributed by atoms with Gasteiger partial charge in [-0.05, 0) is 45.1 Å². The van der Waals surface area contributed by atoms with Crippen LogP contribution in [0.1, 0.15) is 32.6 Å². The molecule has 0 aromatic carbocycles. The van der Waals surface area contributed by atoms with Crippen molar-refractivity contribution in [2.75, 3.05) is 26.2 Å². The standard InChI is InChI=1S/C13H22N2O3/c1-13(12(17)18)4-6-15(7-5-13)11(16)9-14-8-10-2-3-10/h10,14H,2-9H2,1H3,(H,17,18). The lowest BCUT2D eigenvalue weighted by atomic mass is 9.80. The topological polar surface area (TPSA) is 69.6 Å². The highest BCUT2D eigenvalue weighted by Crippen LogP contribution is 2.31. The van der Waals surface area contributed by atoms with Gasteiger partial charge in [-0.2, -0.15) is 0 Å². The van der Waals surface area contributed by atoms with Crippen molar-refractivity contribution in [3.05, 3.63) is 0 Å². The zero-order chi connectivity index (χ0) is 13.2. The number of likely N-dealkylation sites (tertiary alicyclic amines) is 1. The Morgan fingerprint density at radius 3 is 2.44 bits per heavy atom. The fourth-order valence-corrected chi connectivity index (χ4v) is 2.28. The third kappa shape index (κ3) is 3.22. The van der Waals surface area contributed by atoms with Crippen molar-refractivity contribution in [3.63, 3.8) is 0 Å². The maximum absolute atomic E-state index is 11.9. The van der Waals surface area contributed by atoms with Crippen molar-refractivity contribution in [1.82, 2.24) is 10.2 Å². The molecule has 2 N–H and O–H groups in total. The monoisotopic (exact) mass is 254 g/mol. The second-order valence-corrected chi connectivity index (χ2v) is 5.82. The Kier molecular flexibility index (Phi) is 3.90. The Labute approximate surface area is 108 Å². The van der Waals surface area contributed by atoms with Crippen LogP contribution < -0.4 is 5.32 Å². The summed E-state index contributed by atoms with van der Waals surface area (Å²) in [4.78, 5) is 24.8. The van der Waals surface area contributed by atoms with E-state index in [0.29, 0.717) is 32.5 Å². The SMILES string of the molecule is CC1(C(=O)O)CCN(C(=O)CNCC2CC2)CC1. The van der Waals surface area contributed by atoms with Gasteiger partial charge in [-0.3, -0.25) is 9.59 Å². The van der Waals surface area contributed by atoms with Gasteiger partial charge in [0.2, 0.25) is 5.91 Å². The molecule has 0 atom stereocenters. The number of carboxylic acids is 1. The van der Waals surface area contributed by atoms with Crippen LogP contribution in [-0.4, -0.2) is 48.1 Å². The number of carbonyl (C=O) groups excluding carboxylic acids is 1. The maximum atomic E-state index is 11.9. The number of hydrogen-bond donors (Lipinski definition) is 2. The van der Waals surface area contributed by atoms with Gasteiger partial charge in [0.15, 0.2) is 0 Å². The number of nitrogens with one attached hydrogen (secondary N) is 1. The normalized spacial score (nSPS) is 22.8. The lowest BCUT2D eigenvalue weighted by molar-refractivity contribution is -0.152. The van der Waals surface area contributed by atoms with Crippen molar-refractivity contribution in [2.45, 2.75) is 32.6 Å². The Balaban J connectivity index is 1.71. The first-order chi connectivity index (χ1) is 8.51. The van der Waals surface area contributed by atoms with Crippen molar-refractivity contribution >= 4 is 11.9 Å². The summed E-state index contributed by atoms with van der Waals surface area (Å²) in [7, 11) is 0. The number of amides is 1. The number of aliphatic carboxylic acids is 1. The third-order valence-electron chi connectivity index (χ3n) is 4.14. The van der Waals surface area contributed by atoms with Crippen molar-refractivity contribution in [2.24, 2.45) is 11.3 Å².